The molecule has 1 nitrogen and oxygen atoms in total. The van der Waals surface area contributed by atoms with Gasteiger partial charge in [0.15, 0.2) is 0 Å². The van der Waals surface area contributed by atoms with E-state index < -0.39 is 11.8 Å². The zero-order chi connectivity index (χ0) is 18.0. The van der Waals surface area contributed by atoms with E-state index in [1.807, 2.05) is 72.9 Å². The Morgan fingerprint density at radius 3 is 1.96 bits per heavy atom. The first-order valence-corrected chi connectivity index (χ1v) is 8.67. The molecule has 24 heavy (non-hydrogen) atoms. The lowest BCUT2D eigenvalue weighted by Crippen LogP contribution is -2.12. The molecular formula is C23H23N. The predicted octanol–water partition coefficient (Wildman–Crippen LogP) is 6.19. The van der Waals surface area contributed by atoms with Gasteiger partial charge in [-0.2, -0.15) is 0 Å². The summed E-state index contributed by atoms with van der Waals surface area (Å²) in [6, 6.07) is 24.2. The molecule has 0 atom stereocenters. The van der Waals surface area contributed by atoms with Gasteiger partial charge in [0.05, 0.1) is 5.69 Å². The zero-order valence-electron chi connectivity index (χ0n) is 15.8. The molecule has 1 heteroatoms. The van der Waals surface area contributed by atoms with Crippen molar-refractivity contribution in [3.05, 3.63) is 90.1 Å². The highest BCUT2D eigenvalue weighted by Gasteiger charge is 2.23. The van der Waals surface area contributed by atoms with Gasteiger partial charge in [0.2, 0.25) is 0 Å². The van der Waals surface area contributed by atoms with Crippen LogP contribution in [0.15, 0.2) is 79.0 Å². The van der Waals surface area contributed by atoms with Crippen LogP contribution in [0.2, 0.25) is 0 Å². The molecule has 0 bridgehead atoms. The minimum absolute atomic E-state index is 0.568. The molecule has 0 unspecified atom stereocenters. The van der Waals surface area contributed by atoms with Crippen molar-refractivity contribution in [3.8, 4) is 11.3 Å². The number of hydrogen-bond donors (Lipinski definition) is 0. The summed E-state index contributed by atoms with van der Waals surface area (Å²) in [5, 5.41) is 0. The molecule has 1 saturated carbocycles. The van der Waals surface area contributed by atoms with Crippen LogP contribution < -0.4 is 0 Å². The van der Waals surface area contributed by atoms with Gasteiger partial charge in [-0.05, 0) is 60.7 Å². The molecule has 0 N–H and O–H groups in total. The van der Waals surface area contributed by atoms with Gasteiger partial charge in [-0.1, -0.05) is 60.7 Å². The fourth-order valence-corrected chi connectivity index (χ4v) is 3.52. The lowest BCUT2D eigenvalue weighted by molar-refractivity contribution is 0.396. The van der Waals surface area contributed by atoms with E-state index in [2.05, 4.69) is 11.1 Å². The summed E-state index contributed by atoms with van der Waals surface area (Å²) < 4.78 is 17.9. The van der Waals surface area contributed by atoms with Crippen molar-refractivity contribution in [1.82, 2.24) is 4.98 Å². The molecule has 0 aliphatic heterocycles. The molecule has 1 aliphatic rings. The summed E-state index contributed by atoms with van der Waals surface area (Å²) in [7, 11) is 0. The predicted molar refractivity (Wildman–Crippen MR) is 100 cm³/mol. The topological polar surface area (TPSA) is 12.9 Å². The Kier molecular flexibility index (Phi) is 3.78. The Labute approximate surface area is 147 Å². The fraction of sp³-hybridized carbons (Fsp3) is 0.261. The van der Waals surface area contributed by atoms with Gasteiger partial charge in [0.1, 0.15) is 0 Å². The van der Waals surface area contributed by atoms with E-state index in [1.54, 1.807) is 0 Å². The number of rotatable bonds is 3. The monoisotopic (exact) mass is 315 g/mol. The van der Waals surface area contributed by atoms with Crippen LogP contribution in [0.25, 0.3) is 11.3 Å². The van der Waals surface area contributed by atoms with Crippen LogP contribution in [-0.4, -0.2) is 4.98 Å². The maximum Gasteiger partial charge on any atom is 0.0704 e. The van der Waals surface area contributed by atoms with Gasteiger partial charge in [-0.15, -0.1) is 0 Å². The standard InChI is InChI=1S/C23H23N/c1-3-7-18(8-4-1)19-11-13-20(14-12-19)22-15-16-24-23(17-22)21-9-5-2-6-10-21/h1-10,15-17,19-20H,11-14H2/i19D,20D. The smallest absolute Gasteiger partial charge is 0.0704 e. The maximum absolute atomic E-state index is 9.05. The van der Waals surface area contributed by atoms with Gasteiger partial charge in [-0.25, -0.2) is 0 Å². The third-order valence-corrected chi connectivity index (χ3v) is 4.88. The molecule has 0 radical (unpaired) electrons. The number of pyridine rings is 1. The summed E-state index contributed by atoms with van der Waals surface area (Å²) >= 11 is 0. The van der Waals surface area contributed by atoms with Crippen molar-refractivity contribution in [2.45, 2.75) is 37.5 Å². The van der Waals surface area contributed by atoms with Crippen LogP contribution in [0.1, 0.15) is 51.3 Å². The highest BCUT2D eigenvalue weighted by atomic mass is 14.7. The van der Waals surface area contributed by atoms with E-state index in [0.717, 1.165) is 22.4 Å². The second kappa shape index (κ2) is 7.00. The molecule has 0 amide bonds. The van der Waals surface area contributed by atoms with Crippen LogP contribution in [0.3, 0.4) is 0 Å². The molecule has 4 rings (SSSR count). The molecule has 1 heterocycles. The third kappa shape index (κ3) is 3.26. The Morgan fingerprint density at radius 2 is 1.29 bits per heavy atom. The number of nitrogens with zero attached hydrogens (tertiary/aromatic N) is 1. The van der Waals surface area contributed by atoms with E-state index in [9.17, 15) is 0 Å². The third-order valence-electron chi connectivity index (χ3n) is 4.88. The van der Waals surface area contributed by atoms with Crippen molar-refractivity contribution in [2.75, 3.05) is 0 Å². The van der Waals surface area contributed by atoms with Crippen molar-refractivity contribution in [1.29, 1.82) is 0 Å². The molecule has 1 aromatic heterocycles. The van der Waals surface area contributed by atoms with Crippen molar-refractivity contribution in [2.24, 2.45) is 0 Å². The van der Waals surface area contributed by atoms with E-state index in [-0.39, 0.29) is 0 Å². The van der Waals surface area contributed by atoms with Crippen molar-refractivity contribution in [3.63, 3.8) is 0 Å². The van der Waals surface area contributed by atoms with Gasteiger partial charge < -0.3 is 0 Å². The number of aromatic nitrogens is 1. The minimum Gasteiger partial charge on any atom is -0.256 e. The average Bonchev–Trinajstić information content (AvgIpc) is 2.72. The molecule has 2 aromatic carbocycles. The summed E-state index contributed by atoms with van der Waals surface area (Å²) in [6.45, 7) is 0. The molecule has 3 aromatic rings. The molecule has 1 fully saturated rings. The maximum atomic E-state index is 9.05. The summed E-state index contributed by atoms with van der Waals surface area (Å²) in [6.07, 6.45) is 4.63. The van der Waals surface area contributed by atoms with Crippen molar-refractivity contribution < 1.29 is 2.74 Å². The minimum atomic E-state index is -0.633. The van der Waals surface area contributed by atoms with Crippen LogP contribution in [0.4, 0.5) is 0 Å². The summed E-state index contributed by atoms with van der Waals surface area (Å²) in [4.78, 5) is 4.49. The summed E-state index contributed by atoms with van der Waals surface area (Å²) in [5.41, 5.74) is 4.08. The van der Waals surface area contributed by atoms with Crippen LogP contribution >= 0.6 is 0 Å². The highest BCUT2D eigenvalue weighted by molar-refractivity contribution is 5.59. The normalized spacial score (nSPS) is 28.0. The Bertz CT molecular complexity index is 869. The fourth-order valence-electron chi connectivity index (χ4n) is 3.52. The van der Waals surface area contributed by atoms with Crippen LogP contribution in [-0.2, 0) is 0 Å². The lowest BCUT2D eigenvalue weighted by Gasteiger charge is -2.29. The van der Waals surface area contributed by atoms with E-state index in [4.69, 9.17) is 2.74 Å². The average molecular weight is 315 g/mol. The molecule has 120 valence electrons. The van der Waals surface area contributed by atoms with Gasteiger partial charge >= 0.3 is 0 Å². The first-order chi connectivity index (χ1) is 12.6. The quantitative estimate of drug-likeness (QED) is 0.561. The van der Waals surface area contributed by atoms with E-state index in [1.165, 1.54) is 0 Å². The van der Waals surface area contributed by atoms with Gasteiger partial charge in [0.25, 0.3) is 0 Å². The zero-order valence-corrected chi connectivity index (χ0v) is 13.8. The largest absolute Gasteiger partial charge is 0.256 e. The number of hydrogen-bond acceptors (Lipinski definition) is 1. The number of benzene rings is 2. The van der Waals surface area contributed by atoms with E-state index >= 15 is 0 Å². The second-order valence-electron chi connectivity index (χ2n) is 6.37. The van der Waals surface area contributed by atoms with Crippen LogP contribution in [0.5, 0.6) is 0 Å². The molecule has 1 aliphatic carbocycles. The first kappa shape index (κ1) is 12.9. The van der Waals surface area contributed by atoms with Gasteiger partial charge in [-0.3, -0.25) is 4.98 Å². The Morgan fingerprint density at radius 1 is 0.708 bits per heavy atom. The Balaban J connectivity index is 1.58. The van der Waals surface area contributed by atoms with E-state index in [0.29, 0.717) is 25.7 Å². The summed E-state index contributed by atoms with van der Waals surface area (Å²) in [5.74, 6) is -1.20. The molecule has 0 spiro atoms. The SMILES string of the molecule is [2H]C1(c2ccccc2)CCC([2H])(c2ccnc(-c3ccccc3)c2)CC1. The van der Waals surface area contributed by atoms with Crippen molar-refractivity contribution >= 4 is 0 Å². The molecule has 0 saturated heterocycles. The molecular weight excluding hydrogens is 290 g/mol. The Hall–Kier alpha value is -2.41. The van der Waals surface area contributed by atoms with Gasteiger partial charge in [0, 0.05) is 14.5 Å². The first-order valence-electron chi connectivity index (χ1n) is 9.67. The second-order valence-corrected chi connectivity index (χ2v) is 6.37. The van der Waals surface area contributed by atoms with Crippen LogP contribution in [0, 0.1) is 0 Å². The highest BCUT2D eigenvalue weighted by Crippen LogP contribution is 2.40. The lowest BCUT2D eigenvalue weighted by atomic mass is 9.76.